The number of hydrogen-bond acceptors (Lipinski definition) is 1. The van der Waals surface area contributed by atoms with Crippen LogP contribution in [0.4, 0.5) is 0 Å². The molecule has 0 radical (unpaired) electrons. The number of carboxylic acid groups (broad SMARTS) is 1. The summed E-state index contributed by atoms with van der Waals surface area (Å²) in [6.07, 6.45) is 1.12. The summed E-state index contributed by atoms with van der Waals surface area (Å²) in [7, 11) is 0. The fourth-order valence-electron chi connectivity index (χ4n) is 2.44. The highest BCUT2D eigenvalue weighted by atomic mass is 79.9. The molecule has 1 unspecified atom stereocenters. The van der Waals surface area contributed by atoms with Gasteiger partial charge in [0.15, 0.2) is 0 Å². The van der Waals surface area contributed by atoms with Crippen molar-refractivity contribution >= 4 is 21.9 Å². The standard InChI is InChI=1S/C18H19BrO2/c1-12-3-4-13(2)15(9-12)11-16(18(20)21)10-14-5-7-17(19)8-6-14/h3-9,16H,10-11H2,1-2H3,(H,20,21). The second-order valence-electron chi connectivity index (χ2n) is 5.50. The number of carboxylic acids is 1. The minimum atomic E-state index is -0.737. The smallest absolute Gasteiger partial charge is 0.307 e. The number of aryl methyl sites for hydroxylation is 2. The molecule has 2 nitrogen and oxygen atoms in total. The minimum Gasteiger partial charge on any atom is -0.481 e. The normalized spacial score (nSPS) is 12.1. The van der Waals surface area contributed by atoms with Gasteiger partial charge in [0.05, 0.1) is 5.92 Å². The second kappa shape index (κ2) is 6.90. The maximum absolute atomic E-state index is 11.6. The van der Waals surface area contributed by atoms with Crippen molar-refractivity contribution in [2.45, 2.75) is 26.7 Å². The van der Waals surface area contributed by atoms with Crippen LogP contribution in [-0.4, -0.2) is 11.1 Å². The van der Waals surface area contributed by atoms with Crippen LogP contribution < -0.4 is 0 Å². The van der Waals surface area contributed by atoms with Crippen molar-refractivity contribution in [3.63, 3.8) is 0 Å². The third-order valence-corrected chi connectivity index (χ3v) is 4.24. The number of aliphatic carboxylic acids is 1. The first kappa shape index (κ1) is 15.8. The zero-order chi connectivity index (χ0) is 15.4. The molecule has 0 bridgehead atoms. The SMILES string of the molecule is Cc1ccc(C)c(CC(Cc2ccc(Br)cc2)C(=O)O)c1. The number of carbonyl (C=O) groups is 1. The van der Waals surface area contributed by atoms with E-state index in [4.69, 9.17) is 0 Å². The maximum Gasteiger partial charge on any atom is 0.307 e. The number of rotatable bonds is 5. The first-order chi connectivity index (χ1) is 9.95. The Morgan fingerprint density at radius 2 is 1.76 bits per heavy atom. The van der Waals surface area contributed by atoms with Gasteiger partial charge >= 0.3 is 5.97 Å². The highest BCUT2D eigenvalue weighted by molar-refractivity contribution is 9.10. The molecule has 0 heterocycles. The zero-order valence-electron chi connectivity index (χ0n) is 12.3. The van der Waals surface area contributed by atoms with E-state index in [9.17, 15) is 9.90 Å². The maximum atomic E-state index is 11.6. The van der Waals surface area contributed by atoms with Crippen molar-refractivity contribution in [3.8, 4) is 0 Å². The molecule has 0 saturated carbocycles. The average molecular weight is 347 g/mol. The molecule has 21 heavy (non-hydrogen) atoms. The van der Waals surface area contributed by atoms with E-state index in [1.807, 2.05) is 38.1 Å². The third kappa shape index (κ3) is 4.43. The van der Waals surface area contributed by atoms with Crippen LogP contribution in [0.15, 0.2) is 46.9 Å². The van der Waals surface area contributed by atoms with Crippen molar-refractivity contribution in [2.24, 2.45) is 5.92 Å². The van der Waals surface area contributed by atoms with Crippen LogP contribution in [0.2, 0.25) is 0 Å². The molecule has 2 rings (SSSR count). The van der Waals surface area contributed by atoms with Crippen LogP contribution in [0.3, 0.4) is 0 Å². The first-order valence-corrected chi connectivity index (χ1v) is 7.78. The molecule has 1 atom stereocenters. The summed E-state index contributed by atoms with van der Waals surface area (Å²) in [6, 6.07) is 14.1. The number of benzene rings is 2. The van der Waals surface area contributed by atoms with Gasteiger partial charge in [0.25, 0.3) is 0 Å². The van der Waals surface area contributed by atoms with E-state index in [-0.39, 0.29) is 0 Å². The Labute approximate surface area is 134 Å². The quantitative estimate of drug-likeness (QED) is 0.861. The Balaban J connectivity index is 2.17. The van der Waals surface area contributed by atoms with E-state index in [1.54, 1.807) is 0 Å². The summed E-state index contributed by atoms with van der Waals surface area (Å²) in [6.45, 7) is 4.07. The van der Waals surface area contributed by atoms with Crippen molar-refractivity contribution < 1.29 is 9.90 Å². The van der Waals surface area contributed by atoms with Crippen LogP contribution in [-0.2, 0) is 17.6 Å². The van der Waals surface area contributed by atoms with E-state index >= 15 is 0 Å². The molecule has 0 aliphatic rings. The molecule has 0 aliphatic carbocycles. The lowest BCUT2D eigenvalue weighted by atomic mass is 9.90. The molecule has 2 aromatic carbocycles. The minimum absolute atomic E-state index is 0.397. The topological polar surface area (TPSA) is 37.3 Å². The molecular formula is C18H19BrO2. The van der Waals surface area contributed by atoms with Crippen molar-refractivity contribution in [1.29, 1.82) is 0 Å². The number of hydrogen-bond donors (Lipinski definition) is 1. The summed E-state index contributed by atoms with van der Waals surface area (Å²) >= 11 is 3.40. The molecule has 3 heteroatoms. The van der Waals surface area contributed by atoms with Crippen LogP contribution in [0.25, 0.3) is 0 Å². The van der Waals surface area contributed by atoms with Crippen LogP contribution in [0, 0.1) is 19.8 Å². The monoisotopic (exact) mass is 346 g/mol. The Hall–Kier alpha value is -1.61. The van der Waals surface area contributed by atoms with Gasteiger partial charge in [-0.15, -0.1) is 0 Å². The lowest BCUT2D eigenvalue weighted by molar-refractivity contribution is -0.141. The van der Waals surface area contributed by atoms with Crippen molar-refractivity contribution in [3.05, 3.63) is 69.2 Å². The summed E-state index contributed by atoms with van der Waals surface area (Å²) < 4.78 is 1.01. The Morgan fingerprint density at radius 3 is 2.38 bits per heavy atom. The summed E-state index contributed by atoms with van der Waals surface area (Å²) in [5, 5.41) is 9.50. The van der Waals surface area contributed by atoms with E-state index in [0.717, 1.165) is 21.2 Å². The van der Waals surface area contributed by atoms with Gasteiger partial charge in [-0.25, -0.2) is 0 Å². The summed E-state index contributed by atoms with van der Waals surface area (Å²) in [5.41, 5.74) is 4.50. The predicted octanol–water partition coefficient (Wildman–Crippen LogP) is 4.55. The molecule has 0 saturated heterocycles. The van der Waals surface area contributed by atoms with Gasteiger partial charge < -0.3 is 5.11 Å². The van der Waals surface area contributed by atoms with Gasteiger partial charge in [-0.05, 0) is 55.5 Å². The lowest BCUT2D eigenvalue weighted by Gasteiger charge is -2.15. The largest absolute Gasteiger partial charge is 0.481 e. The molecule has 0 amide bonds. The predicted molar refractivity (Wildman–Crippen MR) is 88.6 cm³/mol. The fraction of sp³-hybridized carbons (Fsp3) is 0.278. The van der Waals surface area contributed by atoms with Gasteiger partial charge in [-0.2, -0.15) is 0 Å². The van der Waals surface area contributed by atoms with Crippen LogP contribution >= 0.6 is 15.9 Å². The summed E-state index contributed by atoms with van der Waals surface area (Å²) in [5.74, 6) is -1.13. The van der Waals surface area contributed by atoms with E-state index in [1.165, 1.54) is 5.56 Å². The molecule has 1 N–H and O–H groups in total. The lowest BCUT2D eigenvalue weighted by Crippen LogP contribution is -2.19. The zero-order valence-corrected chi connectivity index (χ0v) is 13.9. The molecule has 0 spiro atoms. The van der Waals surface area contributed by atoms with Crippen LogP contribution in [0.5, 0.6) is 0 Å². The molecule has 0 fully saturated rings. The van der Waals surface area contributed by atoms with Crippen LogP contribution in [0.1, 0.15) is 22.3 Å². The van der Waals surface area contributed by atoms with Gasteiger partial charge in [0.2, 0.25) is 0 Å². The Kier molecular flexibility index (Phi) is 5.18. The first-order valence-electron chi connectivity index (χ1n) is 6.99. The van der Waals surface area contributed by atoms with Crippen molar-refractivity contribution in [1.82, 2.24) is 0 Å². The molecular weight excluding hydrogens is 328 g/mol. The number of halogens is 1. The molecule has 0 aromatic heterocycles. The van der Waals surface area contributed by atoms with E-state index in [2.05, 4.69) is 34.1 Å². The third-order valence-electron chi connectivity index (χ3n) is 3.72. The summed E-state index contributed by atoms with van der Waals surface area (Å²) in [4.78, 5) is 11.6. The molecule has 110 valence electrons. The Morgan fingerprint density at radius 1 is 1.10 bits per heavy atom. The van der Waals surface area contributed by atoms with E-state index < -0.39 is 11.9 Å². The second-order valence-corrected chi connectivity index (χ2v) is 6.42. The highest BCUT2D eigenvalue weighted by Crippen LogP contribution is 2.20. The van der Waals surface area contributed by atoms with E-state index in [0.29, 0.717) is 12.8 Å². The average Bonchev–Trinajstić information content (AvgIpc) is 2.44. The van der Waals surface area contributed by atoms with Gasteiger partial charge in [-0.1, -0.05) is 51.8 Å². The van der Waals surface area contributed by atoms with Crippen molar-refractivity contribution in [2.75, 3.05) is 0 Å². The Bertz CT molecular complexity index is 632. The van der Waals surface area contributed by atoms with Gasteiger partial charge in [0.1, 0.15) is 0 Å². The highest BCUT2D eigenvalue weighted by Gasteiger charge is 2.19. The molecule has 0 aliphatic heterocycles. The van der Waals surface area contributed by atoms with Gasteiger partial charge in [-0.3, -0.25) is 4.79 Å². The fourth-order valence-corrected chi connectivity index (χ4v) is 2.70. The molecule has 2 aromatic rings. The van der Waals surface area contributed by atoms with Gasteiger partial charge in [0, 0.05) is 4.47 Å².